The number of anilines is 2. The summed E-state index contributed by atoms with van der Waals surface area (Å²) in [6.45, 7) is 3.96. The Kier molecular flexibility index (Phi) is 8.79. The average Bonchev–Trinajstić information content (AvgIpc) is 3.43. The second-order valence-corrected chi connectivity index (χ2v) is 9.58. The zero-order chi connectivity index (χ0) is 26.9. The monoisotopic (exact) mass is 525 g/mol. The van der Waals surface area contributed by atoms with Crippen LogP contribution in [0, 0.1) is 13.8 Å². The molecule has 0 fully saturated rings. The normalized spacial score (nSPS) is 11.1. The molecule has 1 heterocycles. The van der Waals surface area contributed by atoms with Gasteiger partial charge in [0.2, 0.25) is 5.91 Å². The summed E-state index contributed by atoms with van der Waals surface area (Å²) in [5.74, 6) is -0.425. The fourth-order valence-electron chi connectivity index (χ4n) is 3.61. The first-order valence-electron chi connectivity index (χ1n) is 11.9. The summed E-state index contributed by atoms with van der Waals surface area (Å²) in [7, 11) is 0. The summed E-state index contributed by atoms with van der Waals surface area (Å²) in [5, 5.41) is 8.42. The van der Waals surface area contributed by atoms with Crippen LogP contribution in [0.5, 0.6) is 0 Å². The van der Waals surface area contributed by atoms with E-state index >= 15 is 0 Å². The molecule has 0 spiro atoms. The second-order valence-electron chi connectivity index (χ2n) is 8.53. The summed E-state index contributed by atoms with van der Waals surface area (Å²) in [4.78, 5) is 39.1. The average molecular weight is 526 g/mol. The Morgan fingerprint density at radius 2 is 1.68 bits per heavy atom. The molecule has 0 saturated heterocycles. The summed E-state index contributed by atoms with van der Waals surface area (Å²) >= 11 is 1.36. The van der Waals surface area contributed by atoms with Gasteiger partial charge in [-0.15, -0.1) is 11.8 Å². The summed E-state index contributed by atoms with van der Waals surface area (Å²) in [6, 6.07) is 25.0. The number of amides is 3. The number of furan rings is 1. The van der Waals surface area contributed by atoms with Crippen LogP contribution in [0.4, 0.5) is 11.4 Å². The van der Waals surface area contributed by atoms with Crippen molar-refractivity contribution in [2.45, 2.75) is 18.7 Å². The Hall–Kier alpha value is -4.56. The van der Waals surface area contributed by atoms with Crippen molar-refractivity contribution >= 4 is 46.9 Å². The van der Waals surface area contributed by atoms with Gasteiger partial charge in [-0.3, -0.25) is 14.4 Å². The number of hydrogen-bond donors (Lipinski definition) is 3. The molecule has 0 saturated carbocycles. The maximum atomic E-state index is 13.1. The second kappa shape index (κ2) is 12.6. The van der Waals surface area contributed by atoms with E-state index in [4.69, 9.17) is 4.42 Å². The van der Waals surface area contributed by atoms with Crippen molar-refractivity contribution in [3.63, 3.8) is 0 Å². The minimum absolute atomic E-state index is 0.0275. The lowest BCUT2D eigenvalue weighted by molar-refractivity contribution is -0.114. The van der Waals surface area contributed by atoms with E-state index in [-0.39, 0.29) is 17.4 Å². The van der Waals surface area contributed by atoms with Crippen molar-refractivity contribution in [3.8, 4) is 0 Å². The first kappa shape index (κ1) is 26.5. The molecule has 3 amide bonds. The van der Waals surface area contributed by atoms with Gasteiger partial charge >= 0.3 is 0 Å². The van der Waals surface area contributed by atoms with Gasteiger partial charge < -0.3 is 20.4 Å². The predicted molar refractivity (Wildman–Crippen MR) is 151 cm³/mol. The molecule has 8 heteroatoms. The third-order valence-corrected chi connectivity index (χ3v) is 6.47. The van der Waals surface area contributed by atoms with Gasteiger partial charge in [0, 0.05) is 27.9 Å². The van der Waals surface area contributed by atoms with Gasteiger partial charge in [-0.2, -0.15) is 0 Å². The van der Waals surface area contributed by atoms with Crippen LogP contribution >= 0.6 is 11.8 Å². The molecule has 3 aromatic carbocycles. The fourth-order valence-corrected chi connectivity index (χ4v) is 4.36. The SMILES string of the molecule is Cc1ccc(NC(=O)CSc2cccc(NC(=O)/C(=C/c3ccco3)NC(=O)c3ccccc3)c2)c(C)c1. The van der Waals surface area contributed by atoms with Crippen molar-refractivity contribution in [3.05, 3.63) is 119 Å². The van der Waals surface area contributed by atoms with Crippen LogP contribution in [0.2, 0.25) is 0 Å². The first-order valence-corrected chi connectivity index (χ1v) is 12.9. The van der Waals surface area contributed by atoms with E-state index in [1.54, 1.807) is 60.7 Å². The topological polar surface area (TPSA) is 100 Å². The molecule has 3 N–H and O–H groups in total. The van der Waals surface area contributed by atoms with Gasteiger partial charge in [0.25, 0.3) is 11.8 Å². The van der Waals surface area contributed by atoms with Crippen molar-refractivity contribution < 1.29 is 18.8 Å². The highest BCUT2D eigenvalue weighted by molar-refractivity contribution is 8.00. The van der Waals surface area contributed by atoms with E-state index in [1.807, 2.05) is 38.1 Å². The van der Waals surface area contributed by atoms with Gasteiger partial charge in [0.1, 0.15) is 11.5 Å². The number of rotatable bonds is 9. The summed E-state index contributed by atoms with van der Waals surface area (Å²) in [5.41, 5.74) is 3.90. The van der Waals surface area contributed by atoms with Gasteiger partial charge in [0.15, 0.2) is 0 Å². The number of nitrogens with one attached hydrogen (secondary N) is 3. The minimum Gasteiger partial charge on any atom is -0.465 e. The maximum absolute atomic E-state index is 13.1. The smallest absolute Gasteiger partial charge is 0.272 e. The standard InChI is InChI=1S/C30H27N3O4S/c1-20-13-14-26(21(2)16-20)32-28(34)19-38-25-12-6-10-23(17-25)31-30(36)27(18-24-11-7-15-37-24)33-29(35)22-8-4-3-5-9-22/h3-18H,19H2,1-2H3,(H,31,36)(H,32,34)(H,33,35)/b27-18-. The molecule has 1 aromatic heterocycles. The maximum Gasteiger partial charge on any atom is 0.272 e. The van der Waals surface area contributed by atoms with Crippen molar-refractivity contribution in [2.24, 2.45) is 0 Å². The zero-order valence-electron chi connectivity index (χ0n) is 21.0. The first-order chi connectivity index (χ1) is 18.4. The Morgan fingerprint density at radius 1 is 0.868 bits per heavy atom. The minimum atomic E-state index is -0.513. The van der Waals surface area contributed by atoms with Crippen LogP contribution in [0.1, 0.15) is 27.2 Å². The predicted octanol–water partition coefficient (Wildman–Crippen LogP) is 6.04. The Labute approximate surface area is 225 Å². The van der Waals surface area contributed by atoms with Gasteiger partial charge in [-0.1, -0.05) is 42.0 Å². The van der Waals surface area contributed by atoms with Crippen LogP contribution in [0.25, 0.3) is 6.08 Å². The van der Waals surface area contributed by atoms with Gasteiger partial charge in [-0.25, -0.2) is 0 Å². The number of carbonyl (C=O) groups is 3. The van der Waals surface area contributed by atoms with Crippen LogP contribution < -0.4 is 16.0 Å². The lowest BCUT2D eigenvalue weighted by Crippen LogP contribution is -2.30. The zero-order valence-corrected chi connectivity index (χ0v) is 21.8. The molecule has 0 unspecified atom stereocenters. The molecule has 0 radical (unpaired) electrons. The van der Waals surface area contributed by atoms with Gasteiger partial charge in [-0.05, 0) is 67.9 Å². The summed E-state index contributed by atoms with van der Waals surface area (Å²) in [6.07, 6.45) is 2.95. The fraction of sp³-hybridized carbons (Fsp3) is 0.100. The van der Waals surface area contributed by atoms with Gasteiger partial charge in [0.05, 0.1) is 12.0 Å². The lowest BCUT2D eigenvalue weighted by Gasteiger charge is -2.12. The molecule has 4 aromatic rings. The van der Waals surface area contributed by atoms with Crippen molar-refractivity contribution in [1.82, 2.24) is 5.32 Å². The lowest BCUT2D eigenvalue weighted by atomic mass is 10.1. The molecule has 0 aliphatic carbocycles. The largest absolute Gasteiger partial charge is 0.465 e. The molecule has 0 aliphatic heterocycles. The Morgan fingerprint density at radius 3 is 2.42 bits per heavy atom. The third-order valence-electron chi connectivity index (χ3n) is 5.48. The number of thioether (sulfide) groups is 1. The summed E-state index contributed by atoms with van der Waals surface area (Å²) < 4.78 is 5.33. The number of hydrogen-bond acceptors (Lipinski definition) is 5. The quantitative estimate of drug-likeness (QED) is 0.183. The van der Waals surface area contributed by atoms with E-state index in [9.17, 15) is 14.4 Å². The number of aryl methyl sites for hydroxylation is 2. The molecule has 192 valence electrons. The third kappa shape index (κ3) is 7.47. The highest BCUT2D eigenvalue weighted by atomic mass is 32.2. The molecule has 4 rings (SSSR count). The van der Waals surface area contributed by atoms with Crippen LogP contribution in [0.3, 0.4) is 0 Å². The Balaban J connectivity index is 1.41. The Bertz CT molecular complexity index is 1460. The number of benzene rings is 3. The highest BCUT2D eigenvalue weighted by Crippen LogP contribution is 2.23. The molecular formula is C30H27N3O4S. The van der Waals surface area contributed by atoms with E-state index in [0.717, 1.165) is 21.7 Å². The number of carbonyl (C=O) groups excluding carboxylic acids is 3. The molecular weight excluding hydrogens is 498 g/mol. The molecule has 38 heavy (non-hydrogen) atoms. The highest BCUT2D eigenvalue weighted by Gasteiger charge is 2.16. The molecule has 0 aliphatic rings. The van der Waals surface area contributed by atoms with Crippen molar-refractivity contribution in [2.75, 3.05) is 16.4 Å². The molecule has 0 atom stereocenters. The van der Waals surface area contributed by atoms with E-state index in [0.29, 0.717) is 17.0 Å². The van der Waals surface area contributed by atoms with E-state index in [2.05, 4.69) is 16.0 Å². The van der Waals surface area contributed by atoms with E-state index in [1.165, 1.54) is 24.1 Å². The van der Waals surface area contributed by atoms with Crippen molar-refractivity contribution in [1.29, 1.82) is 0 Å². The van der Waals surface area contributed by atoms with Crippen LogP contribution in [-0.4, -0.2) is 23.5 Å². The molecule has 7 nitrogen and oxygen atoms in total. The van der Waals surface area contributed by atoms with E-state index < -0.39 is 11.8 Å². The molecule has 0 bridgehead atoms. The van der Waals surface area contributed by atoms with Crippen LogP contribution in [0.15, 0.2) is 106 Å². The van der Waals surface area contributed by atoms with Crippen LogP contribution in [-0.2, 0) is 9.59 Å².